The average molecular weight is 267 g/mol. The van der Waals surface area contributed by atoms with Crippen molar-refractivity contribution in [2.45, 2.75) is 70.9 Å². The van der Waals surface area contributed by atoms with Gasteiger partial charge in [0.15, 0.2) is 5.78 Å². The molecule has 19 heavy (non-hydrogen) atoms. The molecule has 0 aromatic rings. The number of ether oxygens (including phenoxy) is 1. The van der Waals surface area contributed by atoms with Crippen LogP contribution in [0.25, 0.3) is 0 Å². The van der Waals surface area contributed by atoms with Crippen molar-refractivity contribution in [2.24, 2.45) is 5.92 Å². The standard InChI is InChI=1S/C16H29NO2/c1-13(2)17-10-11-19-16(12-17)15(18)9-8-14-6-4-3-5-7-14/h13-14,16H,3-12H2,1-2H3. The summed E-state index contributed by atoms with van der Waals surface area (Å²) in [5.41, 5.74) is 0. The SMILES string of the molecule is CC(C)N1CCOC(C(=O)CCC2CCCCC2)C1. The first-order chi connectivity index (χ1) is 9.16. The molecule has 1 atom stereocenters. The van der Waals surface area contributed by atoms with Gasteiger partial charge in [-0.3, -0.25) is 9.69 Å². The average Bonchev–Trinajstić information content (AvgIpc) is 2.46. The van der Waals surface area contributed by atoms with Crippen molar-refractivity contribution in [3.8, 4) is 0 Å². The van der Waals surface area contributed by atoms with Gasteiger partial charge in [0.1, 0.15) is 6.10 Å². The quantitative estimate of drug-likeness (QED) is 0.767. The summed E-state index contributed by atoms with van der Waals surface area (Å²) in [6.07, 6.45) is 8.41. The van der Waals surface area contributed by atoms with Crippen LogP contribution in [0.15, 0.2) is 0 Å². The van der Waals surface area contributed by atoms with Crippen LogP contribution in [0.3, 0.4) is 0 Å². The van der Waals surface area contributed by atoms with Crippen LogP contribution in [0.2, 0.25) is 0 Å². The highest BCUT2D eigenvalue weighted by molar-refractivity contribution is 5.83. The summed E-state index contributed by atoms with van der Waals surface area (Å²) in [5.74, 6) is 1.12. The molecule has 2 rings (SSSR count). The third-order valence-electron chi connectivity index (χ3n) is 4.71. The number of carbonyl (C=O) groups excluding carboxylic acids is 1. The van der Waals surface area contributed by atoms with Crippen molar-refractivity contribution in [1.29, 1.82) is 0 Å². The molecule has 0 N–H and O–H groups in total. The maximum absolute atomic E-state index is 12.3. The van der Waals surface area contributed by atoms with Gasteiger partial charge < -0.3 is 4.74 Å². The Morgan fingerprint density at radius 2 is 2.00 bits per heavy atom. The van der Waals surface area contributed by atoms with Crippen LogP contribution < -0.4 is 0 Å². The molecule has 0 amide bonds. The minimum atomic E-state index is -0.167. The molecule has 2 aliphatic rings. The summed E-state index contributed by atoms with van der Waals surface area (Å²) in [7, 11) is 0. The summed E-state index contributed by atoms with van der Waals surface area (Å²) in [6, 6.07) is 0.512. The van der Waals surface area contributed by atoms with Crippen molar-refractivity contribution in [3.63, 3.8) is 0 Å². The van der Waals surface area contributed by atoms with Crippen molar-refractivity contribution in [1.82, 2.24) is 4.90 Å². The Kier molecular flexibility index (Phi) is 5.83. The fraction of sp³-hybridized carbons (Fsp3) is 0.938. The highest BCUT2D eigenvalue weighted by Gasteiger charge is 2.28. The Morgan fingerprint density at radius 3 is 2.68 bits per heavy atom. The summed E-state index contributed by atoms with van der Waals surface area (Å²) in [5, 5.41) is 0. The minimum absolute atomic E-state index is 0.167. The van der Waals surface area contributed by atoms with Gasteiger partial charge in [0, 0.05) is 25.6 Å². The van der Waals surface area contributed by atoms with Crippen LogP contribution in [0.5, 0.6) is 0 Å². The number of morpholine rings is 1. The van der Waals surface area contributed by atoms with E-state index in [0.29, 0.717) is 18.4 Å². The first kappa shape index (κ1) is 15.0. The van der Waals surface area contributed by atoms with E-state index in [-0.39, 0.29) is 6.10 Å². The number of ketones is 1. The lowest BCUT2D eigenvalue weighted by Crippen LogP contribution is -2.48. The first-order valence-electron chi connectivity index (χ1n) is 8.05. The highest BCUT2D eigenvalue weighted by Crippen LogP contribution is 2.27. The molecule has 3 heteroatoms. The second-order valence-electron chi connectivity index (χ2n) is 6.46. The van der Waals surface area contributed by atoms with Gasteiger partial charge >= 0.3 is 0 Å². The number of hydrogen-bond donors (Lipinski definition) is 0. The smallest absolute Gasteiger partial charge is 0.162 e. The van der Waals surface area contributed by atoms with Gasteiger partial charge in [0.25, 0.3) is 0 Å². The predicted molar refractivity (Wildman–Crippen MR) is 77.3 cm³/mol. The number of rotatable bonds is 5. The molecule has 1 saturated heterocycles. The van der Waals surface area contributed by atoms with Crippen LogP contribution in [0, 0.1) is 5.92 Å². The van der Waals surface area contributed by atoms with E-state index < -0.39 is 0 Å². The maximum atomic E-state index is 12.3. The zero-order chi connectivity index (χ0) is 13.7. The zero-order valence-corrected chi connectivity index (χ0v) is 12.6. The highest BCUT2D eigenvalue weighted by atomic mass is 16.5. The summed E-state index contributed by atoms with van der Waals surface area (Å²) < 4.78 is 5.67. The molecule has 1 heterocycles. The van der Waals surface area contributed by atoms with Gasteiger partial charge in [-0.1, -0.05) is 32.1 Å². The lowest BCUT2D eigenvalue weighted by atomic mass is 9.85. The fourth-order valence-corrected chi connectivity index (χ4v) is 3.32. The van der Waals surface area contributed by atoms with Crippen LogP contribution in [0.1, 0.15) is 58.8 Å². The van der Waals surface area contributed by atoms with E-state index in [9.17, 15) is 4.79 Å². The lowest BCUT2D eigenvalue weighted by molar-refractivity contribution is -0.137. The van der Waals surface area contributed by atoms with Gasteiger partial charge in [0.05, 0.1) is 6.61 Å². The molecule has 110 valence electrons. The Bertz CT molecular complexity index is 284. The van der Waals surface area contributed by atoms with E-state index in [1.807, 2.05) is 0 Å². The van der Waals surface area contributed by atoms with Crippen molar-refractivity contribution in [3.05, 3.63) is 0 Å². The van der Waals surface area contributed by atoms with E-state index in [2.05, 4.69) is 18.7 Å². The molecule has 1 saturated carbocycles. The van der Waals surface area contributed by atoms with E-state index in [0.717, 1.165) is 31.8 Å². The molecule has 2 fully saturated rings. The van der Waals surface area contributed by atoms with Crippen LogP contribution in [-0.4, -0.2) is 42.5 Å². The Labute approximate surface area is 117 Å². The topological polar surface area (TPSA) is 29.5 Å². The Balaban J connectivity index is 1.72. The second kappa shape index (κ2) is 7.39. The van der Waals surface area contributed by atoms with Gasteiger partial charge in [-0.2, -0.15) is 0 Å². The normalized spacial score (nSPS) is 26.8. The lowest BCUT2D eigenvalue weighted by Gasteiger charge is -2.35. The summed E-state index contributed by atoms with van der Waals surface area (Å²) in [4.78, 5) is 14.6. The molecule has 3 nitrogen and oxygen atoms in total. The minimum Gasteiger partial charge on any atom is -0.368 e. The molecular formula is C16H29NO2. The molecular weight excluding hydrogens is 238 g/mol. The van der Waals surface area contributed by atoms with E-state index in [1.165, 1.54) is 32.1 Å². The Hall–Kier alpha value is -0.410. The van der Waals surface area contributed by atoms with Gasteiger partial charge in [-0.15, -0.1) is 0 Å². The molecule has 0 radical (unpaired) electrons. The fourth-order valence-electron chi connectivity index (χ4n) is 3.32. The number of nitrogens with zero attached hydrogens (tertiary/aromatic N) is 1. The maximum Gasteiger partial charge on any atom is 0.162 e. The number of Topliss-reactive ketones (excluding diaryl/α,β-unsaturated/α-hetero) is 1. The second-order valence-corrected chi connectivity index (χ2v) is 6.46. The summed E-state index contributed by atoms with van der Waals surface area (Å²) >= 11 is 0. The number of hydrogen-bond acceptors (Lipinski definition) is 3. The van der Waals surface area contributed by atoms with Crippen molar-refractivity contribution < 1.29 is 9.53 Å². The molecule has 1 unspecified atom stereocenters. The van der Waals surface area contributed by atoms with Gasteiger partial charge in [-0.05, 0) is 26.2 Å². The largest absolute Gasteiger partial charge is 0.368 e. The van der Waals surface area contributed by atoms with E-state index in [1.54, 1.807) is 0 Å². The van der Waals surface area contributed by atoms with Gasteiger partial charge in [-0.25, -0.2) is 0 Å². The molecule has 0 spiro atoms. The van der Waals surface area contributed by atoms with E-state index >= 15 is 0 Å². The van der Waals surface area contributed by atoms with Gasteiger partial charge in [0.2, 0.25) is 0 Å². The van der Waals surface area contributed by atoms with Crippen LogP contribution in [-0.2, 0) is 9.53 Å². The summed E-state index contributed by atoms with van der Waals surface area (Å²) in [6.45, 7) is 6.84. The molecule has 1 aliphatic carbocycles. The Morgan fingerprint density at radius 1 is 1.26 bits per heavy atom. The predicted octanol–water partition coefficient (Wildman–Crippen LogP) is 3.03. The molecule has 0 bridgehead atoms. The third-order valence-corrected chi connectivity index (χ3v) is 4.71. The van der Waals surface area contributed by atoms with Crippen LogP contribution in [0.4, 0.5) is 0 Å². The third kappa shape index (κ3) is 4.57. The molecule has 0 aromatic heterocycles. The number of carbonyl (C=O) groups is 1. The zero-order valence-electron chi connectivity index (χ0n) is 12.6. The van der Waals surface area contributed by atoms with Crippen molar-refractivity contribution >= 4 is 5.78 Å². The van der Waals surface area contributed by atoms with E-state index in [4.69, 9.17) is 4.74 Å². The monoisotopic (exact) mass is 267 g/mol. The molecule has 1 aliphatic heterocycles. The first-order valence-corrected chi connectivity index (χ1v) is 8.05. The van der Waals surface area contributed by atoms with Crippen molar-refractivity contribution in [2.75, 3.05) is 19.7 Å². The van der Waals surface area contributed by atoms with Crippen LogP contribution >= 0.6 is 0 Å². The molecule has 0 aromatic carbocycles.